The van der Waals surface area contributed by atoms with Gasteiger partial charge in [0, 0.05) is 24.7 Å². The van der Waals surface area contributed by atoms with Crippen LogP contribution in [0.15, 0.2) is 24.3 Å². The van der Waals surface area contributed by atoms with Gasteiger partial charge in [-0.25, -0.2) is 0 Å². The van der Waals surface area contributed by atoms with Crippen LogP contribution in [0.4, 0.5) is 5.69 Å². The normalized spacial score (nSPS) is 16.5. The van der Waals surface area contributed by atoms with E-state index in [9.17, 15) is 9.59 Å². The summed E-state index contributed by atoms with van der Waals surface area (Å²) in [7, 11) is 0. The summed E-state index contributed by atoms with van der Waals surface area (Å²) in [4.78, 5) is 25.8. The number of hydrogen-bond acceptors (Lipinski definition) is 2. The van der Waals surface area contributed by atoms with E-state index in [0.717, 1.165) is 30.6 Å². The van der Waals surface area contributed by atoms with E-state index >= 15 is 0 Å². The molecular weight excluding hydrogens is 288 g/mol. The molecule has 1 N–H and O–H groups in total. The van der Waals surface area contributed by atoms with Gasteiger partial charge in [-0.2, -0.15) is 0 Å². The van der Waals surface area contributed by atoms with Crippen molar-refractivity contribution in [2.45, 2.75) is 64.8 Å². The molecule has 0 radical (unpaired) electrons. The molecule has 0 aromatic heterocycles. The van der Waals surface area contributed by atoms with E-state index in [4.69, 9.17) is 0 Å². The topological polar surface area (TPSA) is 49.4 Å². The molecule has 4 nitrogen and oxygen atoms in total. The molecule has 1 unspecified atom stereocenters. The highest BCUT2D eigenvalue weighted by Crippen LogP contribution is 2.35. The van der Waals surface area contributed by atoms with E-state index in [0.29, 0.717) is 0 Å². The smallest absolute Gasteiger partial charge is 0.254 e. The first-order chi connectivity index (χ1) is 11.1. The van der Waals surface area contributed by atoms with Crippen molar-refractivity contribution in [1.82, 2.24) is 5.32 Å². The van der Waals surface area contributed by atoms with E-state index in [1.165, 1.54) is 39.0 Å². The van der Waals surface area contributed by atoms with Crippen LogP contribution in [0.1, 0.15) is 70.4 Å². The lowest BCUT2D eigenvalue weighted by Crippen LogP contribution is -2.37. The third-order valence-corrected chi connectivity index (χ3v) is 4.38. The summed E-state index contributed by atoms with van der Waals surface area (Å²) in [6.45, 7) is 4.41. The fraction of sp³-hybridized carbons (Fsp3) is 0.579. The number of rotatable bonds is 9. The lowest BCUT2D eigenvalue weighted by atomic mass is 10.1. The Kier molecular flexibility index (Phi) is 6.63. The molecule has 1 atom stereocenters. The summed E-state index contributed by atoms with van der Waals surface area (Å²) >= 11 is 0. The average molecular weight is 316 g/mol. The second-order valence-corrected chi connectivity index (χ2v) is 6.30. The molecule has 2 amide bonds. The summed E-state index contributed by atoms with van der Waals surface area (Å²) in [5, 5.41) is 2.77. The second-order valence-electron chi connectivity index (χ2n) is 6.30. The predicted molar refractivity (Wildman–Crippen MR) is 93.3 cm³/mol. The Morgan fingerprint density at radius 2 is 1.74 bits per heavy atom. The Morgan fingerprint density at radius 3 is 2.43 bits per heavy atom. The van der Waals surface area contributed by atoms with Crippen LogP contribution >= 0.6 is 0 Å². The molecule has 1 aromatic carbocycles. The molecule has 1 heterocycles. The first-order valence-corrected chi connectivity index (χ1v) is 8.82. The lowest BCUT2D eigenvalue weighted by Gasteiger charge is -2.18. The quantitative estimate of drug-likeness (QED) is 0.701. The van der Waals surface area contributed by atoms with Crippen molar-refractivity contribution in [3.63, 3.8) is 0 Å². The Balaban J connectivity index is 1.89. The standard InChI is InChI=1S/C19H28N2O2/c1-3-4-5-6-7-8-11-14-21-17-13-10-9-12-16(17)18(19(21)23)20-15(2)22/h9-10,12-13,18H,3-8,11,14H2,1-2H3,(H,20,22). The van der Waals surface area contributed by atoms with Crippen LogP contribution in [-0.4, -0.2) is 18.4 Å². The van der Waals surface area contributed by atoms with Crippen LogP contribution in [0.25, 0.3) is 0 Å². The molecule has 0 saturated heterocycles. The summed E-state index contributed by atoms with van der Waals surface area (Å²) in [5.41, 5.74) is 1.86. The molecule has 0 spiro atoms. The SMILES string of the molecule is CCCCCCCCCN1C(=O)C(NC(C)=O)c2ccccc21. The van der Waals surface area contributed by atoms with Crippen molar-refractivity contribution >= 4 is 17.5 Å². The maximum Gasteiger partial charge on any atom is 0.254 e. The number of amides is 2. The van der Waals surface area contributed by atoms with Crippen LogP contribution in [0, 0.1) is 0 Å². The maximum absolute atomic E-state index is 12.6. The van der Waals surface area contributed by atoms with Crippen molar-refractivity contribution in [2.75, 3.05) is 11.4 Å². The number of nitrogens with zero attached hydrogens (tertiary/aromatic N) is 1. The van der Waals surface area contributed by atoms with Gasteiger partial charge in [-0.1, -0.05) is 63.6 Å². The molecule has 1 aliphatic rings. The van der Waals surface area contributed by atoms with E-state index < -0.39 is 6.04 Å². The minimum atomic E-state index is -0.520. The number of fused-ring (bicyclic) bond motifs is 1. The summed E-state index contributed by atoms with van der Waals surface area (Å²) in [6, 6.07) is 7.24. The lowest BCUT2D eigenvalue weighted by molar-refractivity contribution is -0.126. The Labute approximate surface area is 139 Å². The number of hydrogen-bond donors (Lipinski definition) is 1. The van der Waals surface area contributed by atoms with Crippen molar-refractivity contribution in [3.05, 3.63) is 29.8 Å². The molecule has 1 aromatic rings. The molecule has 0 aliphatic carbocycles. The first-order valence-electron chi connectivity index (χ1n) is 8.82. The molecule has 0 saturated carbocycles. The van der Waals surface area contributed by atoms with Gasteiger partial charge in [0.05, 0.1) is 0 Å². The Morgan fingerprint density at radius 1 is 1.09 bits per heavy atom. The number of carbonyl (C=O) groups is 2. The Hall–Kier alpha value is -1.84. The predicted octanol–water partition coefficient (Wildman–Crippen LogP) is 3.96. The zero-order valence-electron chi connectivity index (χ0n) is 14.3. The number of para-hydroxylation sites is 1. The molecule has 23 heavy (non-hydrogen) atoms. The summed E-state index contributed by atoms with van der Waals surface area (Å²) in [5.74, 6) is -0.177. The fourth-order valence-electron chi connectivity index (χ4n) is 3.19. The number of benzene rings is 1. The third kappa shape index (κ3) is 4.57. The van der Waals surface area contributed by atoms with E-state index in [-0.39, 0.29) is 11.8 Å². The van der Waals surface area contributed by atoms with Gasteiger partial charge in [-0.3, -0.25) is 9.59 Å². The van der Waals surface area contributed by atoms with Gasteiger partial charge in [0.2, 0.25) is 5.91 Å². The zero-order chi connectivity index (χ0) is 16.7. The fourth-order valence-corrected chi connectivity index (χ4v) is 3.19. The molecule has 126 valence electrons. The largest absolute Gasteiger partial charge is 0.341 e. The molecule has 0 bridgehead atoms. The van der Waals surface area contributed by atoms with Gasteiger partial charge < -0.3 is 10.2 Å². The average Bonchev–Trinajstić information content (AvgIpc) is 2.79. The van der Waals surface area contributed by atoms with E-state index in [1.807, 2.05) is 29.2 Å². The monoisotopic (exact) mass is 316 g/mol. The molecule has 1 aliphatic heterocycles. The second kappa shape index (κ2) is 8.70. The van der Waals surface area contributed by atoms with Gasteiger partial charge in [0.25, 0.3) is 5.91 Å². The third-order valence-electron chi connectivity index (χ3n) is 4.38. The molecular formula is C19H28N2O2. The van der Waals surface area contributed by atoms with Crippen LogP contribution in [0.3, 0.4) is 0 Å². The summed E-state index contributed by atoms with van der Waals surface area (Å²) in [6.07, 6.45) is 8.58. The highest BCUT2D eigenvalue weighted by atomic mass is 16.2. The van der Waals surface area contributed by atoms with Crippen LogP contribution < -0.4 is 10.2 Å². The van der Waals surface area contributed by atoms with E-state index in [2.05, 4.69) is 12.2 Å². The van der Waals surface area contributed by atoms with Gasteiger partial charge in [0.1, 0.15) is 6.04 Å². The first kappa shape index (κ1) is 17.5. The number of unbranched alkanes of at least 4 members (excludes halogenated alkanes) is 6. The zero-order valence-corrected chi connectivity index (χ0v) is 14.3. The maximum atomic E-state index is 12.6. The van der Waals surface area contributed by atoms with Crippen molar-refractivity contribution in [2.24, 2.45) is 0 Å². The Bertz CT molecular complexity index is 542. The van der Waals surface area contributed by atoms with Crippen LogP contribution in [0.2, 0.25) is 0 Å². The van der Waals surface area contributed by atoms with Gasteiger partial charge in [-0.05, 0) is 12.5 Å². The van der Waals surface area contributed by atoms with Gasteiger partial charge in [0.15, 0.2) is 0 Å². The number of nitrogens with one attached hydrogen (secondary N) is 1. The minimum absolute atomic E-state index is 0.00705. The highest BCUT2D eigenvalue weighted by Gasteiger charge is 2.36. The van der Waals surface area contributed by atoms with Gasteiger partial charge in [-0.15, -0.1) is 0 Å². The molecule has 2 rings (SSSR count). The highest BCUT2D eigenvalue weighted by molar-refractivity contribution is 6.06. The number of carbonyl (C=O) groups excluding carboxylic acids is 2. The van der Waals surface area contributed by atoms with Crippen molar-refractivity contribution < 1.29 is 9.59 Å². The van der Waals surface area contributed by atoms with Gasteiger partial charge >= 0.3 is 0 Å². The van der Waals surface area contributed by atoms with E-state index in [1.54, 1.807) is 0 Å². The minimum Gasteiger partial charge on any atom is -0.341 e. The van der Waals surface area contributed by atoms with Crippen molar-refractivity contribution in [3.8, 4) is 0 Å². The van der Waals surface area contributed by atoms with Crippen LogP contribution in [-0.2, 0) is 9.59 Å². The molecule has 0 fully saturated rings. The van der Waals surface area contributed by atoms with Crippen LogP contribution in [0.5, 0.6) is 0 Å². The van der Waals surface area contributed by atoms with Crippen molar-refractivity contribution in [1.29, 1.82) is 0 Å². The molecule has 4 heteroatoms. The number of anilines is 1. The summed E-state index contributed by atoms with van der Waals surface area (Å²) < 4.78 is 0.